The molecule has 1 saturated heterocycles. The summed E-state index contributed by atoms with van der Waals surface area (Å²) in [6.45, 7) is 3.91. The second-order valence-corrected chi connectivity index (χ2v) is 4.06. The van der Waals surface area contributed by atoms with Crippen LogP contribution >= 0.6 is 0 Å². The zero-order chi connectivity index (χ0) is 11.6. The van der Waals surface area contributed by atoms with Crippen LogP contribution < -0.4 is 5.32 Å². The van der Waals surface area contributed by atoms with Crippen molar-refractivity contribution in [2.45, 2.75) is 45.2 Å². The maximum atomic E-state index is 13.6. The van der Waals surface area contributed by atoms with Crippen LogP contribution in [0, 0.1) is 5.92 Å². The summed E-state index contributed by atoms with van der Waals surface area (Å²) in [5, 5.41) is 2.63. The molecule has 1 amide bonds. The number of carbonyl (C=O) groups excluding carboxylic acids is 1. The van der Waals surface area contributed by atoms with Gasteiger partial charge in [-0.1, -0.05) is 6.92 Å². The van der Waals surface area contributed by atoms with Crippen LogP contribution in [0.15, 0.2) is 0 Å². The van der Waals surface area contributed by atoms with E-state index < -0.39 is 24.9 Å². The fraction of sp³-hybridized carbons (Fsp3) is 0.900. The van der Waals surface area contributed by atoms with Crippen molar-refractivity contribution in [2.75, 3.05) is 6.67 Å². The Labute approximate surface area is 88.2 Å². The Morgan fingerprint density at radius 3 is 2.53 bits per heavy atom. The minimum Gasteiger partial charge on any atom is -0.367 e. The summed E-state index contributed by atoms with van der Waals surface area (Å²) in [7, 11) is 0. The first-order valence-corrected chi connectivity index (χ1v) is 5.10. The lowest BCUT2D eigenvalue weighted by Crippen LogP contribution is -2.57. The average Bonchev–Trinajstić information content (AvgIpc) is 2.18. The van der Waals surface area contributed by atoms with Gasteiger partial charge in [0.15, 0.2) is 0 Å². The number of hydrogen-bond acceptors (Lipinski definition) is 2. The lowest BCUT2D eigenvalue weighted by atomic mass is 9.87. The van der Waals surface area contributed by atoms with Crippen LogP contribution in [0.25, 0.3) is 0 Å². The lowest BCUT2D eigenvalue weighted by molar-refractivity contribution is -0.141. The first-order valence-electron chi connectivity index (χ1n) is 5.10. The number of ether oxygens (including phenoxy) is 1. The highest BCUT2D eigenvalue weighted by atomic mass is 19.1. The maximum absolute atomic E-state index is 13.6. The molecule has 1 fully saturated rings. The molecule has 0 aliphatic carbocycles. The van der Waals surface area contributed by atoms with E-state index in [0.717, 1.165) is 0 Å². The highest BCUT2D eigenvalue weighted by molar-refractivity contribution is 5.73. The van der Waals surface area contributed by atoms with Crippen molar-refractivity contribution in [3.63, 3.8) is 0 Å². The molecule has 1 aliphatic heterocycles. The summed E-state index contributed by atoms with van der Waals surface area (Å²) in [5.41, 5.74) is 0. The van der Waals surface area contributed by atoms with Crippen LogP contribution in [0.4, 0.5) is 8.78 Å². The Hall–Kier alpha value is -0.710. The second kappa shape index (κ2) is 4.88. The minimum atomic E-state index is -1.37. The van der Waals surface area contributed by atoms with Gasteiger partial charge in [-0.2, -0.15) is 0 Å². The molecule has 5 heteroatoms. The molecule has 15 heavy (non-hydrogen) atoms. The molecule has 5 atom stereocenters. The molecular formula is C10H17F2NO2. The van der Waals surface area contributed by atoms with Crippen LogP contribution in [0.3, 0.4) is 0 Å². The van der Waals surface area contributed by atoms with Crippen LogP contribution in [-0.2, 0) is 9.53 Å². The second-order valence-electron chi connectivity index (χ2n) is 4.06. The summed E-state index contributed by atoms with van der Waals surface area (Å²) in [6, 6.07) is -0.389. The van der Waals surface area contributed by atoms with Crippen molar-refractivity contribution in [3.05, 3.63) is 0 Å². The van der Waals surface area contributed by atoms with E-state index in [0.29, 0.717) is 0 Å². The van der Waals surface area contributed by atoms with E-state index in [2.05, 4.69) is 5.32 Å². The number of amides is 1. The van der Waals surface area contributed by atoms with E-state index in [4.69, 9.17) is 4.74 Å². The van der Waals surface area contributed by atoms with E-state index in [-0.39, 0.29) is 18.1 Å². The predicted molar refractivity (Wildman–Crippen MR) is 52.0 cm³/mol. The molecule has 0 saturated carbocycles. The minimum absolute atomic E-state index is 0.229. The molecule has 3 nitrogen and oxygen atoms in total. The Morgan fingerprint density at radius 1 is 1.47 bits per heavy atom. The van der Waals surface area contributed by atoms with Gasteiger partial charge in [0, 0.05) is 12.8 Å². The monoisotopic (exact) mass is 221 g/mol. The third-order valence-electron chi connectivity index (χ3n) is 2.84. The van der Waals surface area contributed by atoms with Crippen molar-refractivity contribution >= 4 is 5.91 Å². The largest absolute Gasteiger partial charge is 0.367 e. The number of halogens is 2. The molecule has 88 valence electrons. The van der Waals surface area contributed by atoms with Gasteiger partial charge in [-0.25, -0.2) is 8.78 Å². The molecule has 1 N–H and O–H groups in total. The molecular weight excluding hydrogens is 204 g/mol. The van der Waals surface area contributed by atoms with E-state index in [1.807, 2.05) is 0 Å². The van der Waals surface area contributed by atoms with E-state index >= 15 is 0 Å². The average molecular weight is 221 g/mol. The van der Waals surface area contributed by atoms with Gasteiger partial charge < -0.3 is 10.1 Å². The molecule has 1 rings (SSSR count). The SMILES string of the molecule is CC(=O)N[C@H]1C(C)[C@H](F)C(CF)O[C@@H]1C. The smallest absolute Gasteiger partial charge is 0.217 e. The normalized spacial score (nSPS) is 41.3. The van der Waals surface area contributed by atoms with Crippen LogP contribution in [0.5, 0.6) is 0 Å². The van der Waals surface area contributed by atoms with Crippen molar-refractivity contribution in [1.29, 1.82) is 0 Å². The molecule has 0 aromatic carbocycles. The number of alkyl halides is 2. The van der Waals surface area contributed by atoms with Gasteiger partial charge in [-0.3, -0.25) is 4.79 Å². The highest BCUT2D eigenvalue weighted by Crippen LogP contribution is 2.28. The maximum Gasteiger partial charge on any atom is 0.217 e. The van der Waals surface area contributed by atoms with Crippen LogP contribution in [0.1, 0.15) is 20.8 Å². The quantitative estimate of drug-likeness (QED) is 0.761. The van der Waals surface area contributed by atoms with Crippen molar-refractivity contribution < 1.29 is 18.3 Å². The highest BCUT2D eigenvalue weighted by Gasteiger charge is 2.42. The Bertz CT molecular complexity index is 237. The van der Waals surface area contributed by atoms with Gasteiger partial charge in [0.2, 0.25) is 5.91 Å². The Balaban J connectivity index is 2.70. The summed E-state index contributed by atoms with van der Waals surface area (Å²) in [5.74, 6) is -0.661. The number of hydrogen-bond donors (Lipinski definition) is 1. The molecule has 0 bridgehead atoms. The van der Waals surface area contributed by atoms with Gasteiger partial charge in [-0.05, 0) is 6.92 Å². The standard InChI is InChI=1S/C10H17F2NO2/c1-5-9(12)8(4-11)15-6(2)10(5)13-7(3)14/h5-6,8-10H,4H2,1-3H3,(H,13,14)/t5?,6-,8?,9+,10+/m1/s1. The summed E-state index contributed by atoms with van der Waals surface area (Å²) in [6.07, 6.45) is -2.74. The molecule has 0 spiro atoms. The van der Waals surface area contributed by atoms with Crippen molar-refractivity contribution in [2.24, 2.45) is 5.92 Å². The number of nitrogens with one attached hydrogen (secondary N) is 1. The zero-order valence-corrected chi connectivity index (χ0v) is 9.17. The molecule has 1 heterocycles. The topological polar surface area (TPSA) is 38.3 Å². The van der Waals surface area contributed by atoms with E-state index in [9.17, 15) is 13.6 Å². The fourth-order valence-corrected chi connectivity index (χ4v) is 2.00. The predicted octanol–water partition coefficient (Wildman–Crippen LogP) is 1.22. The number of rotatable bonds is 2. The van der Waals surface area contributed by atoms with Gasteiger partial charge in [0.25, 0.3) is 0 Å². The summed E-state index contributed by atoms with van der Waals surface area (Å²) < 4.78 is 31.2. The van der Waals surface area contributed by atoms with Crippen LogP contribution in [-0.4, -0.2) is 37.0 Å². The zero-order valence-electron chi connectivity index (χ0n) is 9.17. The first kappa shape index (κ1) is 12.4. The molecule has 2 unspecified atom stereocenters. The Kier molecular flexibility index (Phi) is 4.02. The third-order valence-corrected chi connectivity index (χ3v) is 2.84. The van der Waals surface area contributed by atoms with Gasteiger partial charge in [-0.15, -0.1) is 0 Å². The van der Waals surface area contributed by atoms with Crippen molar-refractivity contribution in [1.82, 2.24) is 5.32 Å². The first-order chi connectivity index (χ1) is 6.97. The molecule has 0 aromatic heterocycles. The van der Waals surface area contributed by atoms with Crippen LogP contribution in [0.2, 0.25) is 0 Å². The Morgan fingerprint density at radius 2 is 2.07 bits per heavy atom. The van der Waals surface area contributed by atoms with E-state index in [1.165, 1.54) is 6.92 Å². The summed E-state index contributed by atoms with van der Waals surface area (Å²) in [4.78, 5) is 10.9. The number of carbonyl (C=O) groups is 1. The van der Waals surface area contributed by atoms with E-state index in [1.54, 1.807) is 13.8 Å². The third kappa shape index (κ3) is 2.65. The fourth-order valence-electron chi connectivity index (χ4n) is 2.00. The van der Waals surface area contributed by atoms with Gasteiger partial charge in [0.1, 0.15) is 19.0 Å². The lowest BCUT2D eigenvalue weighted by Gasteiger charge is -2.41. The molecule has 1 aliphatic rings. The molecule has 0 radical (unpaired) electrons. The summed E-state index contributed by atoms with van der Waals surface area (Å²) >= 11 is 0. The van der Waals surface area contributed by atoms with Crippen molar-refractivity contribution in [3.8, 4) is 0 Å². The molecule has 0 aromatic rings. The van der Waals surface area contributed by atoms with Gasteiger partial charge in [0.05, 0.1) is 12.1 Å². The van der Waals surface area contributed by atoms with Gasteiger partial charge >= 0.3 is 0 Å².